The summed E-state index contributed by atoms with van der Waals surface area (Å²) in [4.78, 5) is 47.9. The minimum Gasteiger partial charge on any atom is -0.496 e. The largest absolute Gasteiger partial charge is 0.496 e. The van der Waals surface area contributed by atoms with Crippen LogP contribution in [0.2, 0.25) is 0 Å². The van der Waals surface area contributed by atoms with Gasteiger partial charge in [0.05, 0.1) is 13.7 Å². The number of thiazole rings is 1. The van der Waals surface area contributed by atoms with Crippen LogP contribution in [0.25, 0.3) is 0 Å². The number of ether oxygens (including phenoxy) is 1. The molecule has 0 radical (unpaired) electrons. The van der Waals surface area contributed by atoms with Gasteiger partial charge in [-0.15, -0.1) is 23.1 Å². The molecule has 2 aromatic heterocycles. The van der Waals surface area contributed by atoms with Crippen molar-refractivity contribution in [2.24, 2.45) is 0 Å². The molecule has 4 aromatic rings. The molecule has 1 saturated heterocycles. The number of aliphatic carboxylic acids is 1. The number of carbonyl (C=O) groups excluding carboxylic acids is 2. The van der Waals surface area contributed by atoms with Gasteiger partial charge in [0, 0.05) is 35.1 Å². The van der Waals surface area contributed by atoms with Crippen molar-refractivity contribution in [2.45, 2.75) is 48.9 Å². The van der Waals surface area contributed by atoms with Crippen molar-refractivity contribution in [3.05, 3.63) is 100 Å². The van der Waals surface area contributed by atoms with Gasteiger partial charge >= 0.3 is 5.97 Å². The van der Waals surface area contributed by atoms with E-state index in [1.807, 2.05) is 26.8 Å². The van der Waals surface area contributed by atoms with Gasteiger partial charge in [-0.3, -0.25) is 14.3 Å². The van der Waals surface area contributed by atoms with Crippen molar-refractivity contribution in [1.29, 1.82) is 0 Å². The van der Waals surface area contributed by atoms with Crippen LogP contribution in [-0.2, 0) is 16.8 Å². The predicted molar refractivity (Wildman–Crippen MR) is 157 cm³/mol. The maximum atomic E-state index is 14.6. The number of carboxylic acids is 1. The molecular formula is C30H30N4O5S2. The lowest BCUT2D eigenvalue weighted by atomic mass is 9.85. The van der Waals surface area contributed by atoms with E-state index in [2.05, 4.69) is 10.1 Å². The quantitative estimate of drug-likeness (QED) is 0.275. The van der Waals surface area contributed by atoms with Crippen molar-refractivity contribution < 1.29 is 24.2 Å². The lowest BCUT2D eigenvalue weighted by Gasteiger charge is -2.38. The van der Waals surface area contributed by atoms with Crippen LogP contribution in [0, 0.1) is 0 Å². The maximum absolute atomic E-state index is 14.6. The molecule has 1 N–H and O–H groups in total. The standard InChI is InChI=1S/C30H30N4O5S2/c1-29(2,3)21-12-11-20(17-22(21)39-4)26(36)34-27(25-31-14-16-40-25)41-24(23(35)19-9-6-5-7-10-19)30(34,28(37)38)18-33-15-8-13-32-33/h5-17,24,27H,18H2,1-4H3,(H,37,38). The van der Waals surface area contributed by atoms with Gasteiger partial charge in [0.2, 0.25) is 0 Å². The lowest BCUT2D eigenvalue weighted by Crippen LogP contribution is -2.63. The molecule has 0 spiro atoms. The predicted octanol–water partition coefficient (Wildman–Crippen LogP) is 5.31. The second-order valence-corrected chi connectivity index (χ2v) is 12.9. The third kappa shape index (κ3) is 5.15. The van der Waals surface area contributed by atoms with E-state index in [0.717, 1.165) is 17.3 Å². The Bertz CT molecular complexity index is 1550. The summed E-state index contributed by atoms with van der Waals surface area (Å²) in [5.74, 6) is -1.72. The van der Waals surface area contributed by atoms with Crippen molar-refractivity contribution in [1.82, 2.24) is 19.7 Å². The normalized spacial score (nSPS) is 20.6. The zero-order valence-electron chi connectivity index (χ0n) is 23.1. The summed E-state index contributed by atoms with van der Waals surface area (Å²) in [6, 6.07) is 15.4. The van der Waals surface area contributed by atoms with Crippen molar-refractivity contribution in [3.63, 3.8) is 0 Å². The lowest BCUT2D eigenvalue weighted by molar-refractivity contribution is -0.150. The molecule has 212 valence electrons. The highest BCUT2D eigenvalue weighted by atomic mass is 32.2. The van der Waals surface area contributed by atoms with E-state index in [9.17, 15) is 19.5 Å². The molecule has 1 aliphatic heterocycles. The first-order valence-electron chi connectivity index (χ1n) is 12.9. The Balaban J connectivity index is 1.72. The molecular weight excluding hydrogens is 560 g/mol. The van der Waals surface area contributed by atoms with E-state index in [-0.39, 0.29) is 23.3 Å². The number of benzene rings is 2. The second kappa shape index (κ2) is 11.1. The van der Waals surface area contributed by atoms with Gasteiger partial charge in [0.25, 0.3) is 5.91 Å². The fourth-order valence-electron chi connectivity index (χ4n) is 5.15. The molecule has 41 heavy (non-hydrogen) atoms. The smallest absolute Gasteiger partial charge is 0.333 e. The summed E-state index contributed by atoms with van der Waals surface area (Å²) < 4.78 is 7.11. The number of ketones is 1. The Hall–Kier alpha value is -3.96. The van der Waals surface area contributed by atoms with E-state index in [1.165, 1.54) is 34.2 Å². The number of rotatable bonds is 8. The molecule has 5 rings (SSSR count). The molecule has 3 atom stereocenters. The van der Waals surface area contributed by atoms with E-state index < -0.39 is 28.0 Å². The highest BCUT2D eigenvalue weighted by Crippen LogP contribution is 2.54. The van der Waals surface area contributed by atoms with Crippen LogP contribution in [0.4, 0.5) is 0 Å². The zero-order valence-corrected chi connectivity index (χ0v) is 24.7. The number of amides is 1. The summed E-state index contributed by atoms with van der Waals surface area (Å²) in [6.07, 6.45) is 4.76. The minimum atomic E-state index is -1.99. The first-order valence-corrected chi connectivity index (χ1v) is 14.8. The molecule has 1 fully saturated rings. The molecule has 3 heterocycles. The summed E-state index contributed by atoms with van der Waals surface area (Å²) in [5.41, 5.74) is -0.734. The summed E-state index contributed by atoms with van der Waals surface area (Å²) in [6.45, 7) is 5.89. The number of hydrogen-bond donors (Lipinski definition) is 1. The van der Waals surface area contributed by atoms with E-state index in [0.29, 0.717) is 16.3 Å². The van der Waals surface area contributed by atoms with Crippen LogP contribution in [0.5, 0.6) is 5.75 Å². The van der Waals surface area contributed by atoms with Crippen LogP contribution in [0.15, 0.2) is 78.6 Å². The molecule has 2 aromatic carbocycles. The highest BCUT2D eigenvalue weighted by molar-refractivity contribution is 8.01. The van der Waals surface area contributed by atoms with E-state index in [4.69, 9.17) is 4.74 Å². The van der Waals surface area contributed by atoms with Crippen LogP contribution < -0.4 is 4.74 Å². The second-order valence-electron chi connectivity index (χ2n) is 10.7. The number of carboxylic acid groups (broad SMARTS) is 1. The molecule has 1 aliphatic rings. The number of hydrogen-bond acceptors (Lipinski definition) is 8. The number of aromatic nitrogens is 3. The Morgan fingerprint density at radius 1 is 1.05 bits per heavy atom. The van der Waals surface area contributed by atoms with Crippen LogP contribution in [-0.4, -0.2) is 60.3 Å². The van der Waals surface area contributed by atoms with Gasteiger partial charge in [-0.25, -0.2) is 9.78 Å². The van der Waals surface area contributed by atoms with Crippen molar-refractivity contribution in [2.75, 3.05) is 7.11 Å². The van der Waals surface area contributed by atoms with E-state index >= 15 is 0 Å². The Morgan fingerprint density at radius 2 is 1.80 bits per heavy atom. The molecule has 9 nitrogen and oxygen atoms in total. The SMILES string of the molecule is COc1cc(C(=O)N2C(c3nccs3)SC(C(=O)c3ccccc3)C2(Cn2cccn2)C(=O)O)ccc1C(C)(C)C. The summed E-state index contributed by atoms with van der Waals surface area (Å²) in [5, 5.41) is 15.6. The average molecular weight is 591 g/mol. The summed E-state index contributed by atoms with van der Waals surface area (Å²) >= 11 is 2.43. The van der Waals surface area contributed by atoms with E-state index in [1.54, 1.807) is 66.3 Å². The summed E-state index contributed by atoms with van der Waals surface area (Å²) in [7, 11) is 1.54. The van der Waals surface area contributed by atoms with Gasteiger partial charge in [0.15, 0.2) is 11.3 Å². The van der Waals surface area contributed by atoms with Gasteiger partial charge in [-0.1, -0.05) is 57.2 Å². The number of thioether (sulfide) groups is 1. The average Bonchev–Trinajstić information content (AvgIpc) is 3.73. The van der Waals surface area contributed by atoms with Gasteiger partial charge in [0.1, 0.15) is 21.4 Å². The van der Waals surface area contributed by atoms with Gasteiger partial charge in [-0.05, 0) is 29.2 Å². The van der Waals surface area contributed by atoms with Crippen LogP contribution in [0.1, 0.15) is 57.4 Å². The van der Waals surface area contributed by atoms with Crippen LogP contribution in [0.3, 0.4) is 0 Å². The molecule has 0 aliphatic carbocycles. The monoisotopic (exact) mass is 590 g/mol. The topological polar surface area (TPSA) is 115 Å². The highest BCUT2D eigenvalue weighted by Gasteiger charge is 2.65. The molecule has 0 saturated carbocycles. The molecule has 11 heteroatoms. The molecule has 1 amide bonds. The maximum Gasteiger partial charge on any atom is 0.333 e. The number of methoxy groups -OCH3 is 1. The molecule has 0 bridgehead atoms. The number of nitrogens with zero attached hydrogens (tertiary/aromatic N) is 4. The van der Waals surface area contributed by atoms with Crippen molar-refractivity contribution in [3.8, 4) is 5.75 Å². The van der Waals surface area contributed by atoms with Crippen LogP contribution >= 0.6 is 23.1 Å². The Morgan fingerprint density at radius 3 is 2.39 bits per heavy atom. The third-order valence-electron chi connectivity index (χ3n) is 7.13. The third-order valence-corrected chi connectivity index (χ3v) is 9.68. The van der Waals surface area contributed by atoms with Crippen molar-refractivity contribution >= 4 is 40.8 Å². The Kier molecular flexibility index (Phi) is 7.76. The van der Waals surface area contributed by atoms with Gasteiger partial charge in [-0.2, -0.15) is 5.10 Å². The first-order chi connectivity index (χ1) is 19.6. The fraction of sp³-hybridized carbons (Fsp3) is 0.300. The zero-order chi connectivity index (χ0) is 29.4. The Labute approximate surface area is 246 Å². The number of Topliss-reactive ketones (excluding diaryl/α,β-unsaturated/α-hetero) is 1. The fourth-order valence-corrected chi connectivity index (χ4v) is 7.70. The first kappa shape index (κ1) is 28.6. The number of carbonyl (C=O) groups is 3. The minimum absolute atomic E-state index is 0.240. The van der Waals surface area contributed by atoms with Gasteiger partial charge < -0.3 is 14.7 Å². The molecule has 3 unspecified atom stereocenters.